The average molecular weight is 429 g/mol. The minimum absolute atomic E-state index is 0.299. The fraction of sp³-hybridized carbons (Fsp3) is 0.458. The van der Waals surface area contributed by atoms with Crippen molar-refractivity contribution in [3.63, 3.8) is 0 Å². The second kappa shape index (κ2) is 7.99. The van der Waals surface area contributed by atoms with Crippen LogP contribution in [0.15, 0.2) is 18.7 Å². The molecule has 0 radical (unpaired) electrons. The largest absolute Gasteiger partial charge is 0.352 e. The van der Waals surface area contributed by atoms with E-state index in [9.17, 15) is 0 Å². The maximum absolute atomic E-state index is 7.09. The number of pyridine rings is 1. The summed E-state index contributed by atoms with van der Waals surface area (Å²) in [5, 5.41) is 4.37. The Morgan fingerprint density at radius 3 is 2.69 bits per heavy atom. The number of nitrogens with one attached hydrogen (secondary N) is 1. The molecule has 0 bridgehead atoms. The summed E-state index contributed by atoms with van der Waals surface area (Å²) in [5.74, 6) is 1.57. The highest BCUT2D eigenvalue weighted by atomic mass is 15.3. The summed E-state index contributed by atoms with van der Waals surface area (Å²) < 4.78 is 1.85. The zero-order valence-corrected chi connectivity index (χ0v) is 19.1. The van der Waals surface area contributed by atoms with Crippen LogP contribution in [-0.2, 0) is 0 Å². The fourth-order valence-electron chi connectivity index (χ4n) is 4.87. The van der Waals surface area contributed by atoms with Gasteiger partial charge in [-0.05, 0) is 43.7 Å². The number of aryl methyl sites for hydroxylation is 1. The van der Waals surface area contributed by atoms with E-state index in [-0.39, 0.29) is 0 Å². The number of rotatable bonds is 4. The molecular formula is C24H28N8. The van der Waals surface area contributed by atoms with Crippen molar-refractivity contribution in [2.45, 2.75) is 52.4 Å². The van der Waals surface area contributed by atoms with Crippen LogP contribution in [0, 0.1) is 20.4 Å². The van der Waals surface area contributed by atoms with Crippen molar-refractivity contribution in [1.82, 2.24) is 34.4 Å². The van der Waals surface area contributed by atoms with Crippen molar-refractivity contribution in [1.29, 1.82) is 0 Å². The topological polar surface area (TPSA) is 79.4 Å². The van der Waals surface area contributed by atoms with Crippen LogP contribution in [0.3, 0.4) is 0 Å². The Kier molecular flexibility index (Phi) is 5.14. The molecule has 4 aromatic rings. The zero-order valence-electron chi connectivity index (χ0n) is 19.1. The molecule has 1 saturated heterocycles. The number of hydrogen-bond donors (Lipinski definition) is 1. The molecule has 32 heavy (non-hydrogen) atoms. The Balaban J connectivity index is 1.59. The number of H-pyrrole nitrogens is 1. The lowest BCUT2D eigenvalue weighted by Gasteiger charge is -2.27. The van der Waals surface area contributed by atoms with E-state index in [4.69, 9.17) is 16.5 Å². The Morgan fingerprint density at radius 1 is 1.19 bits per heavy atom. The van der Waals surface area contributed by atoms with Gasteiger partial charge in [-0.1, -0.05) is 13.8 Å². The van der Waals surface area contributed by atoms with Gasteiger partial charge in [0.2, 0.25) is 0 Å². The van der Waals surface area contributed by atoms with Crippen molar-refractivity contribution in [3.8, 4) is 11.3 Å². The first kappa shape index (κ1) is 20.6. The molecule has 1 N–H and O–H groups in total. The Bertz CT molecular complexity index is 1330. The molecule has 164 valence electrons. The van der Waals surface area contributed by atoms with Crippen molar-refractivity contribution in [3.05, 3.63) is 52.7 Å². The summed E-state index contributed by atoms with van der Waals surface area (Å²) in [5.41, 5.74) is 8.62. The lowest BCUT2D eigenvalue weighted by Crippen LogP contribution is -2.33. The Hall–Kier alpha value is -3.31. The molecule has 0 aliphatic carbocycles. The molecule has 5 heterocycles. The van der Waals surface area contributed by atoms with Gasteiger partial charge < -0.3 is 4.98 Å². The summed E-state index contributed by atoms with van der Waals surface area (Å²) in [6.45, 7) is 18.1. The van der Waals surface area contributed by atoms with Crippen LogP contribution >= 0.6 is 0 Å². The maximum Gasteiger partial charge on any atom is 0.270 e. The van der Waals surface area contributed by atoms with Gasteiger partial charge in [-0.2, -0.15) is 5.10 Å². The number of likely N-dealkylation sites (tertiary alicyclic amines) is 1. The van der Waals surface area contributed by atoms with Gasteiger partial charge in [0.05, 0.1) is 22.9 Å². The van der Waals surface area contributed by atoms with E-state index in [0.717, 1.165) is 65.3 Å². The maximum atomic E-state index is 7.09. The van der Waals surface area contributed by atoms with Crippen LogP contribution in [0.4, 0.5) is 0 Å². The van der Waals surface area contributed by atoms with Crippen molar-refractivity contribution < 1.29 is 0 Å². The zero-order chi connectivity index (χ0) is 22.4. The number of piperidine rings is 1. The molecular weight excluding hydrogens is 400 g/mol. The third kappa shape index (κ3) is 3.33. The molecule has 1 aliphatic rings. The summed E-state index contributed by atoms with van der Waals surface area (Å²) in [6, 6.07) is 0. The molecule has 1 fully saturated rings. The SMILES string of the molecule is [C-]#[N+]CN1CCC(c2ncc3[nH]c(-c4cn5ncnc5c(C)c4C)c(C(C)C)c3n2)CC1. The molecule has 0 atom stereocenters. The molecule has 0 unspecified atom stereocenters. The van der Waals surface area contributed by atoms with Gasteiger partial charge in [0.15, 0.2) is 5.65 Å². The van der Waals surface area contributed by atoms with Crippen LogP contribution in [0.25, 0.3) is 32.8 Å². The molecule has 0 amide bonds. The number of hydrogen-bond acceptors (Lipinski definition) is 5. The van der Waals surface area contributed by atoms with Crippen molar-refractivity contribution >= 4 is 16.7 Å². The molecule has 0 aromatic carbocycles. The van der Waals surface area contributed by atoms with Gasteiger partial charge in [-0.25, -0.2) is 30.9 Å². The first-order valence-electron chi connectivity index (χ1n) is 11.2. The van der Waals surface area contributed by atoms with Gasteiger partial charge in [0, 0.05) is 36.3 Å². The van der Waals surface area contributed by atoms with Gasteiger partial charge >= 0.3 is 0 Å². The smallest absolute Gasteiger partial charge is 0.270 e. The van der Waals surface area contributed by atoms with Crippen molar-refractivity contribution in [2.24, 2.45) is 0 Å². The van der Waals surface area contributed by atoms with E-state index in [1.807, 2.05) is 10.7 Å². The standard InChI is InChI=1S/C24H28N8/c1-14(2)20-21(18-11-32-24(27-12-28-32)16(4)15(18)3)29-19-10-26-23(30-22(19)20)17-6-8-31(9-7-17)13-25-5/h10-12,14,17,29H,6-9,13H2,1-4H3. The molecule has 0 saturated carbocycles. The van der Waals surface area contributed by atoms with Crippen LogP contribution in [0.5, 0.6) is 0 Å². The second-order valence-electron chi connectivity index (χ2n) is 9.07. The molecule has 4 aromatic heterocycles. The highest BCUT2D eigenvalue weighted by Gasteiger charge is 2.26. The Labute approximate surface area is 187 Å². The summed E-state index contributed by atoms with van der Waals surface area (Å²) in [7, 11) is 0. The van der Waals surface area contributed by atoms with Gasteiger partial charge in [-0.15, -0.1) is 0 Å². The second-order valence-corrected chi connectivity index (χ2v) is 9.07. The normalized spacial score (nSPS) is 15.8. The van der Waals surface area contributed by atoms with E-state index in [0.29, 0.717) is 18.5 Å². The minimum Gasteiger partial charge on any atom is -0.352 e. The van der Waals surface area contributed by atoms with Crippen LogP contribution in [-0.4, -0.2) is 54.2 Å². The third-order valence-electron chi connectivity index (χ3n) is 6.79. The summed E-state index contributed by atoms with van der Waals surface area (Å²) >= 11 is 0. The highest BCUT2D eigenvalue weighted by Crippen LogP contribution is 2.37. The van der Waals surface area contributed by atoms with E-state index in [2.05, 4.69) is 58.7 Å². The lowest BCUT2D eigenvalue weighted by atomic mass is 9.94. The lowest BCUT2D eigenvalue weighted by molar-refractivity contribution is 0.228. The van der Waals surface area contributed by atoms with Gasteiger partial charge in [0.25, 0.3) is 6.67 Å². The first-order chi connectivity index (χ1) is 15.5. The Morgan fingerprint density at radius 2 is 1.97 bits per heavy atom. The number of aromatic amines is 1. The number of aromatic nitrogens is 6. The molecule has 8 heteroatoms. The number of fused-ring (bicyclic) bond motifs is 2. The van der Waals surface area contributed by atoms with E-state index in [1.54, 1.807) is 6.33 Å². The first-order valence-corrected chi connectivity index (χ1v) is 11.2. The van der Waals surface area contributed by atoms with E-state index >= 15 is 0 Å². The average Bonchev–Trinajstić information content (AvgIpc) is 3.41. The summed E-state index contributed by atoms with van der Waals surface area (Å²) in [4.78, 5) is 23.6. The molecule has 8 nitrogen and oxygen atoms in total. The third-order valence-corrected chi connectivity index (χ3v) is 6.79. The predicted molar refractivity (Wildman–Crippen MR) is 124 cm³/mol. The molecule has 1 aliphatic heterocycles. The van der Waals surface area contributed by atoms with E-state index in [1.165, 1.54) is 11.1 Å². The predicted octanol–water partition coefficient (Wildman–Crippen LogP) is 4.46. The molecule has 5 rings (SSSR count). The van der Waals surface area contributed by atoms with Crippen molar-refractivity contribution in [2.75, 3.05) is 19.8 Å². The number of nitrogens with zero attached hydrogens (tertiary/aromatic N) is 7. The molecule has 0 spiro atoms. The fourth-order valence-corrected chi connectivity index (χ4v) is 4.87. The monoisotopic (exact) mass is 428 g/mol. The van der Waals surface area contributed by atoms with Crippen LogP contribution in [0.2, 0.25) is 0 Å². The van der Waals surface area contributed by atoms with E-state index < -0.39 is 0 Å². The van der Waals surface area contributed by atoms with Crippen LogP contribution < -0.4 is 0 Å². The summed E-state index contributed by atoms with van der Waals surface area (Å²) in [6.07, 6.45) is 7.59. The van der Waals surface area contributed by atoms with Crippen LogP contribution in [0.1, 0.15) is 61.0 Å². The minimum atomic E-state index is 0.299. The van der Waals surface area contributed by atoms with Gasteiger partial charge in [0.1, 0.15) is 12.2 Å². The highest BCUT2D eigenvalue weighted by molar-refractivity contribution is 5.89. The van der Waals surface area contributed by atoms with Gasteiger partial charge in [-0.3, -0.25) is 4.85 Å². The quantitative estimate of drug-likeness (QED) is 0.485.